The highest BCUT2D eigenvalue weighted by molar-refractivity contribution is 7.18. The minimum Gasteiger partial charge on any atom is -0.480 e. The molecule has 0 aromatic carbocycles. The zero-order chi connectivity index (χ0) is 14.7. The number of carboxylic acids is 1. The molecule has 0 saturated heterocycles. The molecule has 2 amide bonds. The molecule has 1 saturated carbocycles. The molecule has 1 heterocycles. The summed E-state index contributed by atoms with van der Waals surface area (Å²) < 4.78 is 0. The van der Waals surface area contributed by atoms with Crippen molar-refractivity contribution in [3.8, 4) is 0 Å². The molecule has 1 aliphatic carbocycles. The molecule has 7 nitrogen and oxygen atoms in total. The van der Waals surface area contributed by atoms with Crippen molar-refractivity contribution in [1.29, 1.82) is 0 Å². The Morgan fingerprint density at radius 2 is 2.05 bits per heavy atom. The normalized spacial score (nSPS) is 15.4. The summed E-state index contributed by atoms with van der Waals surface area (Å²) in [6.45, 7) is -0.683. The maximum absolute atomic E-state index is 11.8. The van der Waals surface area contributed by atoms with Crippen LogP contribution in [0.5, 0.6) is 0 Å². The predicted molar refractivity (Wildman–Crippen MR) is 71.6 cm³/mol. The molecule has 0 aliphatic heterocycles. The summed E-state index contributed by atoms with van der Waals surface area (Å²) in [5.41, 5.74) is 0. The summed E-state index contributed by atoms with van der Waals surface area (Å²) in [6, 6.07) is 1.75. The van der Waals surface area contributed by atoms with Crippen LogP contribution in [-0.2, 0) is 9.59 Å². The molecule has 1 aliphatic rings. The minimum atomic E-state index is -1.34. The Balaban J connectivity index is 1.95. The third-order valence-corrected chi connectivity index (χ3v) is 3.81. The number of amides is 2. The van der Waals surface area contributed by atoms with E-state index in [2.05, 4.69) is 10.6 Å². The fourth-order valence-electron chi connectivity index (χ4n) is 1.51. The molecule has 4 N–H and O–H groups in total. The van der Waals surface area contributed by atoms with Crippen LogP contribution in [0.3, 0.4) is 0 Å². The van der Waals surface area contributed by atoms with Gasteiger partial charge < -0.3 is 20.8 Å². The second kappa shape index (κ2) is 6.02. The van der Waals surface area contributed by atoms with Crippen LogP contribution in [0.4, 0.5) is 5.00 Å². The predicted octanol–water partition coefficient (Wildman–Crippen LogP) is 0.272. The molecular weight excluding hydrogens is 284 g/mol. The number of rotatable bonds is 6. The van der Waals surface area contributed by atoms with E-state index in [-0.39, 0.29) is 16.7 Å². The molecule has 0 unspecified atom stereocenters. The zero-order valence-electron chi connectivity index (χ0n) is 10.5. The van der Waals surface area contributed by atoms with E-state index in [9.17, 15) is 14.4 Å². The van der Waals surface area contributed by atoms with Crippen LogP contribution in [0.1, 0.15) is 22.5 Å². The third-order valence-electron chi connectivity index (χ3n) is 2.81. The van der Waals surface area contributed by atoms with Gasteiger partial charge >= 0.3 is 5.97 Å². The van der Waals surface area contributed by atoms with Crippen LogP contribution >= 0.6 is 11.3 Å². The summed E-state index contributed by atoms with van der Waals surface area (Å²) in [4.78, 5) is 34.3. The first kappa shape index (κ1) is 14.5. The van der Waals surface area contributed by atoms with Crippen LogP contribution in [-0.4, -0.2) is 40.6 Å². The van der Waals surface area contributed by atoms with Crippen molar-refractivity contribution < 1.29 is 24.6 Å². The van der Waals surface area contributed by atoms with Crippen molar-refractivity contribution in [2.45, 2.75) is 18.9 Å². The first-order chi connectivity index (χ1) is 9.51. The van der Waals surface area contributed by atoms with Gasteiger partial charge in [-0.1, -0.05) is 0 Å². The summed E-state index contributed by atoms with van der Waals surface area (Å²) in [5, 5.41) is 23.0. The van der Waals surface area contributed by atoms with E-state index in [4.69, 9.17) is 10.2 Å². The Labute approximate surface area is 118 Å². The molecule has 2 rings (SSSR count). The molecule has 0 spiro atoms. The molecule has 1 aromatic rings. The zero-order valence-corrected chi connectivity index (χ0v) is 11.3. The van der Waals surface area contributed by atoms with Crippen molar-refractivity contribution in [3.63, 3.8) is 0 Å². The maximum Gasteiger partial charge on any atom is 0.328 e. The average Bonchev–Trinajstić information content (AvgIpc) is 3.16. The molecule has 8 heteroatoms. The Kier molecular flexibility index (Phi) is 4.35. The second-order valence-corrected chi connectivity index (χ2v) is 5.56. The molecule has 1 atom stereocenters. The lowest BCUT2D eigenvalue weighted by Crippen LogP contribution is -2.43. The van der Waals surface area contributed by atoms with E-state index in [0.29, 0.717) is 5.00 Å². The van der Waals surface area contributed by atoms with Gasteiger partial charge in [0.05, 0.1) is 16.5 Å². The van der Waals surface area contributed by atoms with Gasteiger partial charge in [-0.2, -0.15) is 0 Å². The number of aliphatic carboxylic acids is 1. The quantitative estimate of drug-likeness (QED) is 0.601. The molecule has 1 aromatic heterocycles. The smallest absolute Gasteiger partial charge is 0.328 e. The van der Waals surface area contributed by atoms with E-state index < -0.39 is 24.5 Å². The number of aliphatic hydroxyl groups excluding tert-OH is 1. The van der Waals surface area contributed by atoms with Gasteiger partial charge in [-0.3, -0.25) is 9.59 Å². The van der Waals surface area contributed by atoms with Crippen LogP contribution in [0.15, 0.2) is 12.1 Å². The number of anilines is 1. The number of aliphatic hydroxyl groups is 1. The fraction of sp³-hybridized carbons (Fsp3) is 0.417. The van der Waals surface area contributed by atoms with Crippen LogP contribution in [0, 0.1) is 5.92 Å². The van der Waals surface area contributed by atoms with E-state index in [1.54, 1.807) is 6.07 Å². The number of carbonyl (C=O) groups excluding carboxylic acids is 2. The van der Waals surface area contributed by atoms with E-state index in [1.165, 1.54) is 6.07 Å². The average molecular weight is 298 g/mol. The van der Waals surface area contributed by atoms with Crippen LogP contribution < -0.4 is 10.6 Å². The van der Waals surface area contributed by atoms with Crippen molar-refractivity contribution in [1.82, 2.24) is 5.32 Å². The lowest BCUT2D eigenvalue weighted by atomic mass is 10.3. The van der Waals surface area contributed by atoms with Gasteiger partial charge in [0.1, 0.15) is 0 Å². The molecule has 1 fully saturated rings. The van der Waals surface area contributed by atoms with Gasteiger partial charge in [0.25, 0.3) is 5.91 Å². The SMILES string of the molecule is O=C(N[C@H](CO)C(=O)O)c1ccc(NC(=O)C2CC2)s1. The standard InChI is InChI=1S/C12H14N2O5S/c15-5-7(12(18)19)13-11(17)8-3-4-9(20-8)14-10(16)6-1-2-6/h3-4,6-7,15H,1-2,5H2,(H,13,17)(H,14,16)(H,18,19)/t7-/m1/s1. The van der Waals surface area contributed by atoms with Gasteiger partial charge in [-0.25, -0.2) is 4.79 Å². The van der Waals surface area contributed by atoms with Crippen molar-refractivity contribution in [2.24, 2.45) is 5.92 Å². The number of hydrogen-bond donors (Lipinski definition) is 4. The largest absolute Gasteiger partial charge is 0.480 e. The second-order valence-electron chi connectivity index (χ2n) is 4.47. The molecular formula is C12H14N2O5S. The number of carboxylic acid groups (broad SMARTS) is 1. The lowest BCUT2D eigenvalue weighted by molar-refractivity contribution is -0.140. The molecule has 108 valence electrons. The molecule has 0 radical (unpaired) electrons. The van der Waals surface area contributed by atoms with Gasteiger partial charge in [0, 0.05) is 5.92 Å². The topological polar surface area (TPSA) is 116 Å². The lowest BCUT2D eigenvalue weighted by Gasteiger charge is -2.10. The van der Waals surface area contributed by atoms with Crippen molar-refractivity contribution in [3.05, 3.63) is 17.0 Å². The van der Waals surface area contributed by atoms with Gasteiger partial charge in [-0.05, 0) is 25.0 Å². The van der Waals surface area contributed by atoms with Gasteiger partial charge in [0.2, 0.25) is 5.91 Å². The molecule has 20 heavy (non-hydrogen) atoms. The minimum absolute atomic E-state index is 0.0578. The maximum atomic E-state index is 11.8. The highest BCUT2D eigenvalue weighted by atomic mass is 32.1. The number of carbonyl (C=O) groups is 3. The van der Waals surface area contributed by atoms with Crippen LogP contribution in [0.2, 0.25) is 0 Å². The van der Waals surface area contributed by atoms with E-state index >= 15 is 0 Å². The van der Waals surface area contributed by atoms with Crippen molar-refractivity contribution in [2.75, 3.05) is 11.9 Å². The highest BCUT2D eigenvalue weighted by Gasteiger charge is 2.30. The third kappa shape index (κ3) is 3.55. The Morgan fingerprint density at radius 3 is 2.60 bits per heavy atom. The van der Waals surface area contributed by atoms with E-state index in [1.807, 2.05) is 0 Å². The number of thiophene rings is 1. The summed E-state index contributed by atoms with van der Waals surface area (Å²) in [6.07, 6.45) is 1.78. The van der Waals surface area contributed by atoms with Gasteiger partial charge in [-0.15, -0.1) is 11.3 Å². The number of hydrogen-bond acceptors (Lipinski definition) is 5. The van der Waals surface area contributed by atoms with E-state index in [0.717, 1.165) is 24.2 Å². The van der Waals surface area contributed by atoms with Crippen molar-refractivity contribution >= 4 is 34.1 Å². The monoisotopic (exact) mass is 298 g/mol. The Bertz CT molecular complexity index is 538. The summed E-state index contributed by atoms with van der Waals surface area (Å²) in [5.74, 6) is -1.89. The first-order valence-corrected chi connectivity index (χ1v) is 6.88. The summed E-state index contributed by atoms with van der Waals surface area (Å²) in [7, 11) is 0. The highest BCUT2D eigenvalue weighted by Crippen LogP contribution is 2.31. The Morgan fingerprint density at radius 1 is 1.35 bits per heavy atom. The fourth-order valence-corrected chi connectivity index (χ4v) is 2.32. The van der Waals surface area contributed by atoms with Crippen LogP contribution in [0.25, 0.3) is 0 Å². The first-order valence-electron chi connectivity index (χ1n) is 6.06. The summed E-state index contributed by atoms with van der Waals surface area (Å²) >= 11 is 1.06. The van der Waals surface area contributed by atoms with Gasteiger partial charge in [0.15, 0.2) is 6.04 Å². The Hall–Kier alpha value is -1.93. The molecule has 0 bridgehead atoms. The number of nitrogens with one attached hydrogen (secondary N) is 2.